The molecule has 4 heteroatoms. The summed E-state index contributed by atoms with van der Waals surface area (Å²) in [5, 5.41) is 0.708. The van der Waals surface area contributed by atoms with Crippen LogP contribution in [0.4, 0.5) is 11.4 Å². The van der Waals surface area contributed by atoms with E-state index >= 15 is 0 Å². The average molecular weight is 372 g/mol. The molecule has 1 aliphatic rings. The van der Waals surface area contributed by atoms with Gasteiger partial charge in [0.2, 0.25) is 0 Å². The molecule has 1 saturated heterocycles. The van der Waals surface area contributed by atoms with E-state index in [0.29, 0.717) is 31.9 Å². The predicted octanol–water partition coefficient (Wildman–Crippen LogP) is 0.315. The van der Waals surface area contributed by atoms with E-state index in [2.05, 4.69) is 12.1 Å². The molecule has 0 bridgehead atoms. The summed E-state index contributed by atoms with van der Waals surface area (Å²) in [5.41, 5.74) is 16.8. The van der Waals surface area contributed by atoms with Crippen molar-refractivity contribution < 1.29 is 21.2 Å². The third kappa shape index (κ3) is 2.29. The van der Waals surface area contributed by atoms with Crippen LogP contribution in [0.2, 0.25) is 5.02 Å². The Morgan fingerprint density at radius 3 is 2.22 bits per heavy atom. The molecule has 3 rings (SSSR count). The third-order valence-corrected chi connectivity index (χ3v) is 5.75. The molecule has 2 aromatic carbocycles. The number of nitrogen functional groups attached to an aromatic ring is 2. The second kappa shape index (κ2) is 4.63. The van der Waals surface area contributed by atoms with Crippen molar-refractivity contribution in [2.24, 2.45) is 0 Å². The number of alkyl halides is 2. The van der Waals surface area contributed by atoms with Crippen LogP contribution in [-0.4, -0.2) is 4.43 Å². The fraction of sp³-hybridized carbons (Fsp3) is 0.143. The zero-order valence-electron chi connectivity index (χ0n) is 9.66. The van der Waals surface area contributed by atoms with Crippen LogP contribution in [0.25, 0.3) is 11.1 Å². The van der Waals surface area contributed by atoms with E-state index in [0.717, 1.165) is 15.2 Å². The Balaban J connectivity index is 2.16. The van der Waals surface area contributed by atoms with E-state index in [1.54, 1.807) is 6.07 Å². The van der Waals surface area contributed by atoms with Crippen molar-refractivity contribution >= 4 is 23.0 Å². The molecule has 0 aromatic heterocycles. The summed E-state index contributed by atoms with van der Waals surface area (Å²) in [7, 11) is 0. The zero-order valence-corrected chi connectivity index (χ0v) is 12.6. The molecule has 18 heavy (non-hydrogen) atoms. The minimum absolute atomic E-state index is 0.334. The summed E-state index contributed by atoms with van der Waals surface area (Å²) in [4.78, 5) is 0. The standard InChI is InChI=1S/C14H13ClIN2/c15-13-6-9(18)2-4-11(13)10-3-1-8(17)5-12(10)14-7-16-14/h1-6,14H,7,17-18H2/q-1. The SMILES string of the molecule is Nc1ccc(-c2ccc(N)cc2C2C[I-]2)c(Cl)c1. The second-order valence-electron chi connectivity index (χ2n) is 4.36. The van der Waals surface area contributed by atoms with Crippen molar-refractivity contribution in [3.63, 3.8) is 0 Å². The maximum atomic E-state index is 6.30. The molecule has 1 atom stereocenters. The van der Waals surface area contributed by atoms with Crippen LogP contribution in [0.1, 0.15) is 9.49 Å². The molecule has 1 aliphatic heterocycles. The van der Waals surface area contributed by atoms with Crippen LogP contribution in [0, 0.1) is 0 Å². The average Bonchev–Trinajstić information content (AvgIpc) is 3.14. The Labute approximate surface area is 122 Å². The summed E-state index contributed by atoms with van der Waals surface area (Å²) in [6.07, 6.45) is 0. The van der Waals surface area contributed by atoms with Gasteiger partial charge in [-0.25, -0.2) is 0 Å². The molecule has 1 unspecified atom stereocenters. The molecule has 0 saturated carbocycles. The predicted molar refractivity (Wildman–Crippen MR) is 73.3 cm³/mol. The summed E-state index contributed by atoms with van der Waals surface area (Å²) in [6, 6.07) is 11.8. The fourth-order valence-electron chi connectivity index (χ4n) is 2.05. The zero-order chi connectivity index (χ0) is 12.7. The normalized spacial score (nSPS) is 18.2. The number of hydrogen-bond donors (Lipinski definition) is 2. The molecule has 94 valence electrons. The van der Waals surface area contributed by atoms with Gasteiger partial charge >= 0.3 is 122 Å². The topological polar surface area (TPSA) is 52.0 Å². The molecular weight excluding hydrogens is 359 g/mol. The first-order valence-corrected chi connectivity index (χ1v) is 8.82. The van der Waals surface area contributed by atoms with E-state index in [9.17, 15) is 0 Å². The molecule has 2 aromatic rings. The quantitative estimate of drug-likeness (QED) is 0.454. The van der Waals surface area contributed by atoms with Crippen molar-refractivity contribution in [3.8, 4) is 11.1 Å². The molecule has 1 heterocycles. The van der Waals surface area contributed by atoms with Crippen molar-refractivity contribution in [2.45, 2.75) is 3.92 Å². The first-order chi connectivity index (χ1) is 8.65. The van der Waals surface area contributed by atoms with Gasteiger partial charge in [0.05, 0.1) is 0 Å². The Hall–Kier alpha value is -0.940. The van der Waals surface area contributed by atoms with Crippen LogP contribution < -0.4 is 32.7 Å². The van der Waals surface area contributed by atoms with Crippen molar-refractivity contribution in [1.82, 2.24) is 0 Å². The van der Waals surface area contributed by atoms with Gasteiger partial charge < -0.3 is 0 Å². The number of nitrogens with two attached hydrogens (primary N) is 2. The van der Waals surface area contributed by atoms with Gasteiger partial charge in [-0.15, -0.1) is 0 Å². The van der Waals surface area contributed by atoms with Crippen molar-refractivity contribution in [2.75, 3.05) is 15.9 Å². The number of anilines is 2. The monoisotopic (exact) mass is 371 g/mol. The molecule has 4 N–H and O–H groups in total. The van der Waals surface area contributed by atoms with Gasteiger partial charge in [0, 0.05) is 0 Å². The molecule has 0 amide bonds. The fourth-order valence-corrected chi connectivity index (χ4v) is 4.06. The van der Waals surface area contributed by atoms with Gasteiger partial charge in [0.25, 0.3) is 0 Å². The van der Waals surface area contributed by atoms with Crippen LogP contribution in [-0.2, 0) is 0 Å². The molecular formula is C14H13ClIN2-. The van der Waals surface area contributed by atoms with E-state index in [-0.39, 0.29) is 0 Å². The van der Waals surface area contributed by atoms with Gasteiger partial charge in [-0.05, 0) is 0 Å². The van der Waals surface area contributed by atoms with E-state index in [4.69, 9.17) is 23.1 Å². The first kappa shape index (κ1) is 12.1. The third-order valence-electron chi connectivity index (χ3n) is 3.01. The Morgan fingerprint density at radius 2 is 1.61 bits per heavy atom. The summed E-state index contributed by atoms with van der Waals surface area (Å²) >= 11 is 6.63. The van der Waals surface area contributed by atoms with E-state index in [1.807, 2.05) is 18.2 Å². The van der Waals surface area contributed by atoms with E-state index in [1.165, 1.54) is 15.6 Å². The van der Waals surface area contributed by atoms with Gasteiger partial charge in [0.15, 0.2) is 0 Å². The first-order valence-electron chi connectivity index (χ1n) is 5.67. The summed E-state index contributed by atoms with van der Waals surface area (Å²) < 4.78 is 2.10. The maximum absolute atomic E-state index is 6.30. The molecule has 1 fully saturated rings. The number of hydrogen-bond acceptors (Lipinski definition) is 2. The van der Waals surface area contributed by atoms with Crippen molar-refractivity contribution in [1.29, 1.82) is 0 Å². The Morgan fingerprint density at radius 1 is 1.00 bits per heavy atom. The summed E-state index contributed by atoms with van der Waals surface area (Å²) in [5.74, 6) is 0. The second-order valence-corrected chi connectivity index (χ2v) is 8.03. The molecule has 0 spiro atoms. The Kier molecular flexibility index (Phi) is 3.11. The van der Waals surface area contributed by atoms with Gasteiger partial charge in [0.1, 0.15) is 0 Å². The van der Waals surface area contributed by atoms with Crippen LogP contribution in [0.3, 0.4) is 0 Å². The van der Waals surface area contributed by atoms with Crippen LogP contribution in [0.5, 0.6) is 0 Å². The molecule has 2 nitrogen and oxygen atoms in total. The molecule has 0 aliphatic carbocycles. The van der Waals surface area contributed by atoms with Crippen LogP contribution in [0.15, 0.2) is 36.4 Å². The number of benzene rings is 2. The van der Waals surface area contributed by atoms with Gasteiger partial charge in [-0.1, -0.05) is 0 Å². The van der Waals surface area contributed by atoms with Crippen molar-refractivity contribution in [3.05, 3.63) is 47.0 Å². The summed E-state index contributed by atoms with van der Waals surface area (Å²) in [6.45, 7) is 0. The Bertz CT molecular complexity index is 609. The van der Waals surface area contributed by atoms with Gasteiger partial charge in [-0.2, -0.15) is 0 Å². The number of halogens is 2. The van der Waals surface area contributed by atoms with Crippen LogP contribution >= 0.6 is 11.6 Å². The van der Waals surface area contributed by atoms with Gasteiger partial charge in [-0.3, -0.25) is 0 Å². The van der Waals surface area contributed by atoms with E-state index < -0.39 is 0 Å². The molecule has 0 radical (unpaired) electrons. The minimum atomic E-state index is 0.334. The number of rotatable bonds is 2.